The lowest BCUT2D eigenvalue weighted by Crippen LogP contribution is -2.28. The Labute approximate surface area is 132 Å². The summed E-state index contributed by atoms with van der Waals surface area (Å²) in [6.07, 6.45) is 16.2. The largest absolute Gasteiger partial charge is 0.344 e. The Morgan fingerprint density at radius 2 is 1.43 bits per heavy atom. The zero-order valence-electron chi connectivity index (χ0n) is 13.9. The molecule has 2 saturated carbocycles. The first kappa shape index (κ1) is 16.2. The summed E-state index contributed by atoms with van der Waals surface area (Å²) in [5.74, 6) is -0.398. The molecule has 0 amide bonds. The summed E-state index contributed by atoms with van der Waals surface area (Å²) in [6, 6.07) is 0. The van der Waals surface area contributed by atoms with Crippen molar-refractivity contribution in [3.63, 3.8) is 0 Å². The number of hydrogen-bond acceptors (Lipinski definition) is 2. The van der Waals surface area contributed by atoms with Crippen LogP contribution in [0.5, 0.6) is 0 Å². The second-order valence-corrected chi connectivity index (χ2v) is 10.4. The first-order chi connectivity index (χ1) is 10.1. The SMILES string of the molecule is CC1(C)O[CH]C(CP(C2CCCCC2)C2CCCCC2)O1. The van der Waals surface area contributed by atoms with Crippen LogP contribution in [0.25, 0.3) is 0 Å². The first-order valence-corrected chi connectivity index (χ1v) is 10.8. The molecule has 1 atom stereocenters. The standard InChI is InChI=1S/C18H32O2P/c1-18(2)19-13-15(20-18)14-21(16-9-5-3-6-10-16)17-11-7-4-8-12-17/h13,15-17H,3-12,14H2,1-2H3. The van der Waals surface area contributed by atoms with Gasteiger partial charge in [-0.3, -0.25) is 0 Å². The van der Waals surface area contributed by atoms with Crippen LogP contribution in [0.15, 0.2) is 0 Å². The van der Waals surface area contributed by atoms with Gasteiger partial charge in [0.05, 0.1) is 6.10 Å². The minimum Gasteiger partial charge on any atom is -0.344 e. The second-order valence-electron chi connectivity index (χ2n) is 7.59. The smallest absolute Gasteiger partial charge is 0.163 e. The normalized spacial score (nSPS) is 31.9. The molecule has 0 bridgehead atoms. The fourth-order valence-electron chi connectivity index (χ4n) is 4.37. The summed E-state index contributed by atoms with van der Waals surface area (Å²) >= 11 is 0. The van der Waals surface area contributed by atoms with E-state index in [9.17, 15) is 0 Å². The molecule has 3 heteroatoms. The minimum absolute atomic E-state index is 0.114. The molecule has 0 aromatic heterocycles. The number of rotatable bonds is 4. The highest BCUT2D eigenvalue weighted by Crippen LogP contribution is 2.56. The van der Waals surface area contributed by atoms with Gasteiger partial charge in [0.15, 0.2) is 5.79 Å². The summed E-state index contributed by atoms with van der Waals surface area (Å²) in [5.41, 5.74) is 2.02. The minimum atomic E-state index is -0.398. The maximum absolute atomic E-state index is 6.10. The lowest BCUT2D eigenvalue weighted by molar-refractivity contribution is -0.130. The highest BCUT2D eigenvalue weighted by Gasteiger charge is 2.38. The highest BCUT2D eigenvalue weighted by atomic mass is 31.1. The van der Waals surface area contributed by atoms with Crippen molar-refractivity contribution in [1.82, 2.24) is 0 Å². The van der Waals surface area contributed by atoms with E-state index in [2.05, 4.69) is 0 Å². The van der Waals surface area contributed by atoms with E-state index in [0.717, 1.165) is 11.3 Å². The average molecular weight is 311 g/mol. The van der Waals surface area contributed by atoms with Gasteiger partial charge >= 0.3 is 0 Å². The van der Waals surface area contributed by atoms with Gasteiger partial charge in [-0.05, 0) is 57.0 Å². The zero-order chi connectivity index (χ0) is 14.7. The van der Waals surface area contributed by atoms with E-state index in [1.807, 2.05) is 20.5 Å². The molecule has 3 rings (SSSR count). The van der Waals surface area contributed by atoms with Crippen LogP contribution in [0.2, 0.25) is 0 Å². The van der Waals surface area contributed by atoms with Crippen molar-refractivity contribution >= 4 is 7.92 Å². The van der Waals surface area contributed by atoms with E-state index in [4.69, 9.17) is 9.47 Å². The molecular formula is C18H32O2P. The average Bonchev–Trinajstić information content (AvgIpc) is 2.86. The van der Waals surface area contributed by atoms with Crippen LogP contribution in [0.3, 0.4) is 0 Å². The van der Waals surface area contributed by atoms with Crippen LogP contribution < -0.4 is 0 Å². The van der Waals surface area contributed by atoms with Crippen LogP contribution in [0.4, 0.5) is 0 Å². The molecule has 2 aliphatic carbocycles. The Morgan fingerprint density at radius 1 is 0.905 bits per heavy atom. The Kier molecular flexibility index (Phi) is 5.62. The van der Waals surface area contributed by atoms with Gasteiger partial charge in [0.2, 0.25) is 0 Å². The second kappa shape index (κ2) is 7.28. The molecule has 1 aliphatic heterocycles. The maximum atomic E-state index is 6.10. The van der Waals surface area contributed by atoms with Crippen molar-refractivity contribution in [2.24, 2.45) is 0 Å². The van der Waals surface area contributed by atoms with Crippen LogP contribution in [0.1, 0.15) is 78.1 Å². The molecule has 1 heterocycles. The quantitative estimate of drug-likeness (QED) is 0.643. The Bertz CT molecular complexity index is 301. The monoisotopic (exact) mass is 311 g/mol. The Morgan fingerprint density at radius 3 is 1.86 bits per heavy atom. The molecule has 1 saturated heterocycles. The predicted molar refractivity (Wildman–Crippen MR) is 89.9 cm³/mol. The Hall–Kier alpha value is 0.350. The van der Waals surface area contributed by atoms with Crippen molar-refractivity contribution in [3.05, 3.63) is 6.61 Å². The lowest BCUT2D eigenvalue weighted by Gasteiger charge is -2.39. The van der Waals surface area contributed by atoms with Gasteiger partial charge in [-0.15, -0.1) is 0 Å². The van der Waals surface area contributed by atoms with Gasteiger partial charge < -0.3 is 9.47 Å². The number of hydrogen-bond donors (Lipinski definition) is 0. The van der Waals surface area contributed by atoms with Gasteiger partial charge in [0.25, 0.3) is 0 Å². The molecular weight excluding hydrogens is 279 g/mol. The van der Waals surface area contributed by atoms with Gasteiger partial charge in [-0.2, -0.15) is 0 Å². The molecule has 3 fully saturated rings. The molecule has 0 aromatic carbocycles. The number of ether oxygens (including phenoxy) is 2. The molecule has 1 unspecified atom stereocenters. The van der Waals surface area contributed by atoms with Crippen molar-refractivity contribution in [2.75, 3.05) is 6.16 Å². The molecule has 1 radical (unpaired) electrons. The third-order valence-corrected chi connectivity index (χ3v) is 9.11. The molecule has 121 valence electrons. The highest BCUT2D eigenvalue weighted by molar-refractivity contribution is 7.59. The van der Waals surface area contributed by atoms with Crippen LogP contribution in [-0.2, 0) is 9.47 Å². The van der Waals surface area contributed by atoms with E-state index in [0.29, 0.717) is 0 Å². The van der Waals surface area contributed by atoms with E-state index in [-0.39, 0.29) is 14.0 Å². The first-order valence-electron chi connectivity index (χ1n) is 9.09. The van der Waals surface area contributed by atoms with Crippen molar-refractivity contribution in [1.29, 1.82) is 0 Å². The van der Waals surface area contributed by atoms with Crippen molar-refractivity contribution in [3.8, 4) is 0 Å². The molecule has 0 spiro atoms. The van der Waals surface area contributed by atoms with Gasteiger partial charge in [0, 0.05) is 0 Å². The topological polar surface area (TPSA) is 18.5 Å². The maximum Gasteiger partial charge on any atom is 0.163 e. The van der Waals surface area contributed by atoms with E-state index in [1.54, 1.807) is 0 Å². The fourth-order valence-corrected chi connectivity index (χ4v) is 8.20. The molecule has 0 N–H and O–H groups in total. The van der Waals surface area contributed by atoms with Crippen molar-refractivity contribution < 1.29 is 9.47 Å². The van der Waals surface area contributed by atoms with Gasteiger partial charge in [0.1, 0.15) is 6.61 Å². The summed E-state index contributed by atoms with van der Waals surface area (Å²) in [7, 11) is 0.114. The van der Waals surface area contributed by atoms with Crippen LogP contribution >= 0.6 is 7.92 Å². The third kappa shape index (κ3) is 4.43. The van der Waals surface area contributed by atoms with E-state index < -0.39 is 5.79 Å². The van der Waals surface area contributed by atoms with E-state index in [1.165, 1.54) is 70.4 Å². The van der Waals surface area contributed by atoms with Crippen LogP contribution in [-0.4, -0.2) is 29.4 Å². The molecule has 0 aromatic rings. The van der Waals surface area contributed by atoms with Gasteiger partial charge in [-0.25, -0.2) is 0 Å². The molecule has 3 aliphatic rings. The molecule has 2 nitrogen and oxygen atoms in total. The summed E-state index contributed by atoms with van der Waals surface area (Å²) in [6.45, 7) is 6.06. The van der Waals surface area contributed by atoms with E-state index >= 15 is 0 Å². The summed E-state index contributed by atoms with van der Waals surface area (Å²) in [5, 5.41) is 0. The predicted octanol–water partition coefficient (Wildman–Crippen LogP) is 5.45. The molecule has 21 heavy (non-hydrogen) atoms. The summed E-state index contributed by atoms with van der Waals surface area (Å²) in [4.78, 5) is 0. The zero-order valence-corrected chi connectivity index (χ0v) is 14.7. The summed E-state index contributed by atoms with van der Waals surface area (Å²) < 4.78 is 11.8. The lowest BCUT2D eigenvalue weighted by atomic mass is 9.99. The third-order valence-electron chi connectivity index (χ3n) is 5.42. The van der Waals surface area contributed by atoms with Gasteiger partial charge in [-0.1, -0.05) is 46.4 Å². The van der Waals surface area contributed by atoms with Crippen LogP contribution in [0, 0.1) is 6.61 Å². The fraction of sp³-hybridized carbons (Fsp3) is 0.944. The van der Waals surface area contributed by atoms with Crippen molar-refractivity contribution in [2.45, 2.75) is 101 Å². The Balaban J connectivity index is 1.63.